The van der Waals surface area contributed by atoms with Gasteiger partial charge in [-0.3, -0.25) is 14.9 Å². The lowest BCUT2D eigenvalue weighted by atomic mass is 10.1. The minimum absolute atomic E-state index is 0.0725. The van der Waals surface area contributed by atoms with E-state index in [4.69, 9.17) is 9.47 Å². The van der Waals surface area contributed by atoms with Crippen molar-refractivity contribution in [2.45, 2.75) is 6.42 Å². The van der Waals surface area contributed by atoms with E-state index in [1.54, 1.807) is 0 Å². The van der Waals surface area contributed by atoms with Crippen LogP contribution in [-0.2, 0) is 11.2 Å². The Morgan fingerprint density at radius 3 is 2.46 bits per heavy atom. The number of carbonyl (C=O) groups is 1. The lowest BCUT2D eigenvalue weighted by Crippen LogP contribution is -2.19. The number of carbonyl (C=O) groups excluding carboxylic acids is 1. The molecule has 2 rings (SSSR count). The standard InChI is InChI=1S/C17H16BrN3O5/c1-25-15-9-16(26-2)14(21(23)24)8-12(15)10-19-20-17(22)7-11-3-5-13(18)6-4-11/h3-6,8-10H,7H2,1-2H3,(H,20,22)/b19-10-. The van der Waals surface area contributed by atoms with Gasteiger partial charge in [0.25, 0.3) is 0 Å². The molecular formula is C17H16BrN3O5. The number of ether oxygens (including phenoxy) is 2. The number of benzene rings is 2. The van der Waals surface area contributed by atoms with Gasteiger partial charge in [-0.05, 0) is 17.7 Å². The van der Waals surface area contributed by atoms with Crippen molar-refractivity contribution in [1.82, 2.24) is 5.43 Å². The molecule has 0 radical (unpaired) electrons. The molecule has 0 saturated heterocycles. The Bertz CT molecular complexity index is 837. The second-order valence-electron chi connectivity index (χ2n) is 5.12. The zero-order valence-corrected chi connectivity index (χ0v) is 15.6. The lowest BCUT2D eigenvalue weighted by Gasteiger charge is -2.08. The number of hydrogen-bond acceptors (Lipinski definition) is 6. The van der Waals surface area contributed by atoms with Gasteiger partial charge >= 0.3 is 5.69 Å². The zero-order chi connectivity index (χ0) is 19.1. The maximum absolute atomic E-state index is 11.9. The third-order valence-electron chi connectivity index (χ3n) is 3.40. The molecule has 0 unspecified atom stereocenters. The molecule has 0 heterocycles. The minimum atomic E-state index is -0.568. The van der Waals surface area contributed by atoms with E-state index in [1.165, 1.54) is 32.6 Å². The molecule has 8 nitrogen and oxygen atoms in total. The molecule has 2 aromatic rings. The molecule has 1 N–H and O–H groups in total. The fraction of sp³-hybridized carbons (Fsp3) is 0.176. The van der Waals surface area contributed by atoms with Gasteiger partial charge in [-0.15, -0.1) is 0 Å². The van der Waals surface area contributed by atoms with Gasteiger partial charge in [-0.25, -0.2) is 5.43 Å². The summed E-state index contributed by atoms with van der Waals surface area (Å²) in [6, 6.07) is 9.98. The summed E-state index contributed by atoms with van der Waals surface area (Å²) in [5.41, 5.74) is 3.33. The fourth-order valence-corrected chi connectivity index (χ4v) is 2.42. The summed E-state index contributed by atoms with van der Waals surface area (Å²) < 4.78 is 11.1. The molecule has 0 aromatic heterocycles. The van der Waals surface area contributed by atoms with Crippen LogP contribution >= 0.6 is 15.9 Å². The normalized spacial score (nSPS) is 10.6. The van der Waals surface area contributed by atoms with Gasteiger partial charge < -0.3 is 9.47 Å². The average Bonchev–Trinajstić information content (AvgIpc) is 2.63. The largest absolute Gasteiger partial charge is 0.496 e. The highest BCUT2D eigenvalue weighted by Crippen LogP contribution is 2.33. The third kappa shape index (κ3) is 5.03. The number of nitro groups is 1. The van der Waals surface area contributed by atoms with Crippen LogP contribution in [0.1, 0.15) is 11.1 Å². The van der Waals surface area contributed by atoms with Crippen LogP contribution in [0.3, 0.4) is 0 Å². The second kappa shape index (κ2) is 8.95. The Labute approximate surface area is 158 Å². The number of methoxy groups -OCH3 is 2. The fourth-order valence-electron chi connectivity index (χ4n) is 2.15. The molecular weight excluding hydrogens is 406 g/mol. The van der Waals surface area contributed by atoms with Gasteiger partial charge in [-0.1, -0.05) is 28.1 Å². The van der Waals surface area contributed by atoms with Crippen molar-refractivity contribution in [2.24, 2.45) is 5.10 Å². The average molecular weight is 422 g/mol. The van der Waals surface area contributed by atoms with Gasteiger partial charge in [0.1, 0.15) is 5.75 Å². The number of halogens is 1. The molecule has 2 aromatic carbocycles. The molecule has 0 spiro atoms. The SMILES string of the molecule is COc1cc(OC)c([N+](=O)[O-])cc1/C=N\NC(=O)Cc1ccc(Br)cc1. The molecule has 0 aliphatic carbocycles. The predicted octanol–water partition coefficient (Wildman–Crippen LogP) is 3.07. The summed E-state index contributed by atoms with van der Waals surface area (Å²) in [5.74, 6) is 0.0900. The van der Waals surface area contributed by atoms with E-state index < -0.39 is 4.92 Å². The second-order valence-corrected chi connectivity index (χ2v) is 6.04. The molecule has 0 fully saturated rings. The van der Waals surface area contributed by atoms with Crippen molar-refractivity contribution in [2.75, 3.05) is 14.2 Å². The summed E-state index contributed by atoms with van der Waals surface area (Å²) in [5, 5.41) is 15.0. The minimum Gasteiger partial charge on any atom is -0.496 e. The quantitative estimate of drug-likeness (QED) is 0.420. The Morgan fingerprint density at radius 2 is 1.88 bits per heavy atom. The maximum atomic E-state index is 11.9. The number of rotatable bonds is 7. The van der Waals surface area contributed by atoms with Crippen LogP contribution in [-0.4, -0.2) is 31.3 Å². The monoisotopic (exact) mass is 421 g/mol. The molecule has 136 valence electrons. The third-order valence-corrected chi connectivity index (χ3v) is 3.93. The zero-order valence-electron chi connectivity index (χ0n) is 14.1. The Hall–Kier alpha value is -2.94. The van der Waals surface area contributed by atoms with Crippen molar-refractivity contribution in [3.8, 4) is 11.5 Å². The van der Waals surface area contributed by atoms with Crippen LogP contribution in [0.15, 0.2) is 46.0 Å². The van der Waals surface area contributed by atoms with Crippen LogP contribution < -0.4 is 14.9 Å². The van der Waals surface area contributed by atoms with Gasteiger partial charge in [-0.2, -0.15) is 5.10 Å². The van der Waals surface area contributed by atoms with Gasteiger partial charge in [0.2, 0.25) is 11.7 Å². The first-order chi connectivity index (χ1) is 12.4. The Kier molecular flexibility index (Phi) is 6.67. The van der Waals surface area contributed by atoms with Gasteiger partial charge in [0.05, 0.1) is 31.8 Å². The van der Waals surface area contributed by atoms with Crippen LogP contribution in [0.4, 0.5) is 5.69 Å². The molecule has 0 bridgehead atoms. The van der Waals surface area contributed by atoms with Crippen molar-refractivity contribution < 1.29 is 19.2 Å². The molecule has 1 amide bonds. The first-order valence-electron chi connectivity index (χ1n) is 7.41. The summed E-state index contributed by atoms with van der Waals surface area (Å²) >= 11 is 3.33. The molecule has 0 aliphatic rings. The maximum Gasteiger partial charge on any atom is 0.311 e. The van der Waals surface area contributed by atoms with Gasteiger partial charge in [0, 0.05) is 22.2 Å². The van der Waals surface area contributed by atoms with Crippen LogP contribution in [0.25, 0.3) is 0 Å². The van der Waals surface area contributed by atoms with Gasteiger partial charge in [0.15, 0.2) is 0 Å². The molecule has 26 heavy (non-hydrogen) atoms. The van der Waals surface area contributed by atoms with E-state index in [9.17, 15) is 14.9 Å². The van der Waals surface area contributed by atoms with E-state index in [-0.39, 0.29) is 23.8 Å². The van der Waals surface area contributed by atoms with Crippen LogP contribution in [0.5, 0.6) is 11.5 Å². The van der Waals surface area contributed by atoms with Crippen LogP contribution in [0.2, 0.25) is 0 Å². The Morgan fingerprint density at radius 1 is 1.23 bits per heavy atom. The van der Waals surface area contributed by atoms with Crippen LogP contribution in [0, 0.1) is 10.1 Å². The van der Waals surface area contributed by atoms with E-state index in [1.807, 2.05) is 24.3 Å². The number of nitro benzene ring substituents is 1. The van der Waals surface area contributed by atoms with E-state index >= 15 is 0 Å². The van der Waals surface area contributed by atoms with E-state index in [0.29, 0.717) is 11.3 Å². The summed E-state index contributed by atoms with van der Waals surface area (Å²) in [7, 11) is 2.75. The highest BCUT2D eigenvalue weighted by atomic mass is 79.9. The Balaban J connectivity index is 2.11. The number of nitrogens with one attached hydrogen (secondary N) is 1. The highest BCUT2D eigenvalue weighted by Gasteiger charge is 2.18. The topological polar surface area (TPSA) is 103 Å². The number of hydrogen-bond donors (Lipinski definition) is 1. The number of amides is 1. The molecule has 0 aliphatic heterocycles. The first kappa shape index (κ1) is 19.4. The molecule has 0 atom stereocenters. The summed E-state index contributed by atoms with van der Waals surface area (Å²) in [6.07, 6.45) is 1.44. The predicted molar refractivity (Wildman–Crippen MR) is 99.8 cm³/mol. The molecule has 0 saturated carbocycles. The lowest BCUT2D eigenvalue weighted by molar-refractivity contribution is -0.385. The number of hydrazone groups is 1. The van der Waals surface area contributed by atoms with Crippen molar-refractivity contribution in [3.63, 3.8) is 0 Å². The van der Waals surface area contributed by atoms with Crippen molar-refractivity contribution in [1.29, 1.82) is 0 Å². The van der Waals surface area contributed by atoms with E-state index in [0.717, 1.165) is 10.0 Å². The first-order valence-corrected chi connectivity index (χ1v) is 8.20. The smallest absolute Gasteiger partial charge is 0.311 e. The number of nitrogens with zero attached hydrogens (tertiary/aromatic N) is 2. The summed E-state index contributed by atoms with van der Waals surface area (Å²) in [6.45, 7) is 0. The molecule has 9 heteroatoms. The van der Waals surface area contributed by atoms with E-state index in [2.05, 4.69) is 26.5 Å². The summed E-state index contributed by atoms with van der Waals surface area (Å²) in [4.78, 5) is 22.5. The highest BCUT2D eigenvalue weighted by molar-refractivity contribution is 9.10. The van der Waals surface area contributed by atoms with Crippen molar-refractivity contribution >= 4 is 33.7 Å². The van der Waals surface area contributed by atoms with Crippen molar-refractivity contribution in [3.05, 3.63) is 62.1 Å².